The summed E-state index contributed by atoms with van der Waals surface area (Å²) >= 11 is 0. The fraction of sp³-hybridized carbons (Fsp3) is 0.333. The molecule has 4 nitrogen and oxygen atoms in total. The van der Waals surface area contributed by atoms with Crippen LogP contribution in [-0.2, 0) is 4.79 Å². The van der Waals surface area contributed by atoms with E-state index in [9.17, 15) is 9.59 Å². The molecule has 1 unspecified atom stereocenters. The van der Waals surface area contributed by atoms with Gasteiger partial charge in [-0.25, -0.2) is 0 Å². The van der Waals surface area contributed by atoms with Crippen LogP contribution in [0.5, 0.6) is 0 Å². The molecular weight excluding hydrogens is 240 g/mol. The first-order valence-corrected chi connectivity index (χ1v) is 6.26. The number of rotatable bonds is 6. The molecule has 0 bridgehead atoms. The number of hydrogen-bond acceptors (Lipinski definition) is 2. The third kappa shape index (κ3) is 5.26. The molecule has 0 radical (unpaired) electrons. The van der Waals surface area contributed by atoms with E-state index in [-0.39, 0.29) is 24.4 Å². The molecule has 0 spiro atoms. The molecule has 1 aromatic carbocycles. The van der Waals surface area contributed by atoms with Gasteiger partial charge < -0.3 is 10.6 Å². The van der Waals surface area contributed by atoms with Crippen LogP contribution in [0, 0.1) is 12.3 Å². The highest BCUT2D eigenvalue weighted by Gasteiger charge is 2.10. The second-order valence-electron chi connectivity index (χ2n) is 4.12. The average molecular weight is 258 g/mol. The Morgan fingerprint density at radius 1 is 1.32 bits per heavy atom. The summed E-state index contributed by atoms with van der Waals surface area (Å²) in [6.45, 7) is 1.92. The summed E-state index contributed by atoms with van der Waals surface area (Å²) < 4.78 is 0. The van der Waals surface area contributed by atoms with E-state index in [1.807, 2.05) is 13.0 Å². The van der Waals surface area contributed by atoms with Gasteiger partial charge in [-0.15, -0.1) is 6.42 Å². The molecule has 0 aliphatic carbocycles. The lowest BCUT2D eigenvalue weighted by atomic mass is 10.2. The van der Waals surface area contributed by atoms with Crippen LogP contribution in [0.3, 0.4) is 0 Å². The van der Waals surface area contributed by atoms with Crippen LogP contribution in [0.25, 0.3) is 0 Å². The monoisotopic (exact) mass is 258 g/mol. The van der Waals surface area contributed by atoms with Crippen LogP contribution in [0.4, 0.5) is 0 Å². The molecule has 2 amide bonds. The Morgan fingerprint density at radius 3 is 2.58 bits per heavy atom. The third-order valence-electron chi connectivity index (χ3n) is 2.56. The van der Waals surface area contributed by atoms with E-state index in [1.54, 1.807) is 24.3 Å². The van der Waals surface area contributed by atoms with E-state index in [0.29, 0.717) is 5.56 Å². The van der Waals surface area contributed by atoms with Gasteiger partial charge in [0.25, 0.3) is 5.91 Å². The Hall–Kier alpha value is -2.28. The van der Waals surface area contributed by atoms with Crippen LogP contribution in [0.15, 0.2) is 30.3 Å². The minimum absolute atomic E-state index is 0.0738. The van der Waals surface area contributed by atoms with Crippen molar-refractivity contribution in [1.29, 1.82) is 0 Å². The predicted molar refractivity (Wildman–Crippen MR) is 74.4 cm³/mol. The normalized spacial score (nSPS) is 11.2. The number of carbonyl (C=O) groups is 2. The van der Waals surface area contributed by atoms with Crippen molar-refractivity contribution in [2.24, 2.45) is 0 Å². The highest BCUT2D eigenvalue weighted by Crippen LogP contribution is 1.97. The highest BCUT2D eigenvalue weighted by atomic mass is 16.2. The summed E-state index contributed by atoms with van der Waals surface area (Å²) in [7, 11) is 0. The topological polar surface area (TPSA) is 58.2 Å². The van der Waals surface area contributed by atoms with Gasteiger partial charge in [-0.3, -0.25) is 9.59 Å². The Kier molecular flexibility index (Phi) is 6.17. The zero-order chi connectivity index (χ0) is 14.1. The molecule has 0 fully saturated rings. The van der Waals surface area contributed by atoms with Gasteiger partial charge in [0.1, 0.15) is 0 Å². The molecule has 0 saturated heterocycles. The molecule has 1 atom stereocenters. The first-order valence-electron chi connectivity index (χ1n) is 6.26. The molecule has 2 N–H and O–H groups in total. The van der Waals surface area contributed by atoms with Gasteiger partial charge in [-0.05, 0) is 18.6 Å². The molecule has 0 aliphatic rings. The Labute approximate surface area is 113 Å². The van der Waals surface area contributed by atoms with E-state index in [1.165, 1.54) is 0 Å². The number of nitrogens with one attached hydrogen (secondary N) is 2. The molecule has 0 saturated carbocycles. The van der Waals surface area contributed by atoms with Crippen molar-refractivity contribution in [2.75, 3.05) is 6.54 Å². The van der Waals surface area contributed by atoms with Crippen molar-refractivity contribution >= 4 is 11.8 Å². The molecule has 4 heteroatoms. The van der Waals surface area contributed by atoms with Crippen molar-refractivity contribution in [3.05, 3.63) is 35.9 Å². The van der Waals surface area contributed by atoms with Crippen LogP contribution in [-0.4, -0.2) is 24.4 Å². The van der Waals surface area contributed by atoms with Crippen molar-refractivity contribution in [1.82, 2.24) is 10.6 Å². The molecule has 1 aromatic rings. The molecule has 0 aromatic heterocycles. The second-order valence-corrected chi connectivity index (χ2v) is 4.12. The van der Waals surface area contributed by atoms with E-state index in [0.717, 1.165) is 12.8 Å². The Bertz CT molecular complexity index is 463. The van der Waals surface area contributed by atoms with Crippen molar-refractivity contribution in [3.8, 4) is 12.3 Å². The maximum Gasteiger partial charge on any atom is 0.251 e. The number of benzene rings is 1. The van der Waals surface area contributed by atoms with Gasteiger partial charge in [-0.1, -0.05) is 37.5 Å². The van der Waals surface area contributed by atoms with Crippen LogP contribution in [0.1, 0.15) is 30.1 Å². The van der Waals surface area contributed by atoms with Crippen molar-refractivity contribution in [3.63, 3.8) is 0 Å². The summed E-state index contributed by atoms with van der Waals surface area (Å²) in [5, 5.41) is 5.24. The van der Waals surface area contributed by atoms with Gasteiger partial charge in [0.15, 0.2) is 0 Å². The number of carbonyl (C=O) groups excluding carboxylic acids is 2. The van der Waals surface area contributed by atoms with E-state index in [2.05, 4.69) is 16.6 Å². The van der Waals surface area contributed by atoms with Crippen LogP contribution < -0.4 is 10.6 Å². The summed E-state index contributed by atoms with van der Waals surface area (Å²) in [5.74, 6) is 1.96. The van der Waals surface area contributed by atoms with Gasteiger partial charge in [0.05, 0.1) is 12.6 Å². The Morgan fingerprint density at radius 2 is 2.00 bits per heavy atom. The zero-order valence-corrected chi connectivity index (χ0v) is 11.0. The van der Waals surface area contributed by atoms with Gasteiger partial charge in [0.2, 0.25) is 5.91 Å². The SMILES string of the molecule is C#CC(CCC)NC(=O)CNC(=O)c1ccccc1. The van der Waals surface area contributed by atoms with Gasteiger partial charge in [-0.2, -0.15) is 0 Å². The van der Waals surface area contributed by atoms with E-state index in [4.69, 9.17) is 6.42 Å². The van der Waals surface area contributed by atoms with Crippen LogP contribution >= 0.6 is 0 Å². The minimum atomic E-state index is -0.277. The lowest BCUT2D eigenvalue weighted by molar-refractivity contribution is -0.120. The fourth-order valence-corrected chi connectivity index (χ4v) is 1.58. The standard InChI is InChI=1S/C15H18N2O2/c1-3-8-13(4-2)17-14(18)11-16-15(19)12-9-6-5-7-10-12/h2,5-7,9-10,13H,3,8,11H2,1H3,(H,16,19)(H,17,18). The lowest BCUT2D eigenvalue weighted by Crippen LogP contribution is -2.41. The predicted octanol–water partition coefficient (Wildman–Crippen LogP) is 1.33. The molecule has 0 aliphatic heterocycles. The van der Waals surface area contributed by atoms with Crippen molar-refractivity contribution in [2.45, 2.75) is 25.8 Å². The minimum Gasteiger partial charge on any atom is -0.343 e. The quantitative estimate of drug-likeness (QED) is 0.756. The number of amides is 2. The Balaban J connectivity index is 2.38. The molecule has 100 valence electrons. The van der Waals surface area contributed by atoms with Crippen LogP contribution in [0.2, 0.25) is 0 Å². The third-order valence-corrected chi connectivity index (χ3v) is 2.56. The number of hydrogen-bond donors (Lipinski definition) is 2. The second kappa shape index (κ2) is 7.93. The smallest absolute Gasteiger partial charge is 0.251 e. The van der Waals surface area contributed by atoms with E-state index >= 15 is 0 Å². The van der Waals surface area contributed by atoms with Gasteiger partial charge >= 0.3 is 0 Å². The summed E-state index contributed by atoms with van der Waals surface area (Å²) in [6, 6.07) is 8.47. The summed E-state index contributed by atoms with van der Waals surface area (Å²) in [5.41, 5.74) is 0.525. The summed E-state index contributed by atoms with van der Waals surface area (Å²) in [4.78, 5) is 23.3. The molecule has 0 heterocycles. The largest absolute Gasteiger partial charge is 0.343 e. The first-order chi connectivity index (χ1) is 9.17. The summed E-state index contributed by atoms with van der Waals surface area (Å²) in [6.07, 6.45) is 6.93. The maximum atomic E-state index is 11.7. The fourth-order valence-electron chi connectivity index (χ4n) is 1.58. The molecule has 1 rings (SSSR count). The molecular formula is C15H18N2O2. The maximum absolute atomic E-state index is 11.7. The zero-order valence-electron chi connectivity index (χ0n) is 11.0. The highest BCUT2D eigenvalue weighted by molar-refractivity contribution is 5.96. The van der Waals surface area contributed by atoms with Gasteiger partial charge in [0, 0.05) is 5.56 Å². The first kappa shape index (κ1) is 14.8. The van der Waals surface area contributed by atoms with E-state index < -0.39 is 0 Å². The van der Waals surface area contributed by atoms with Crippen molar-refractivity contribution < 1.29 is 9.59 Å². The lowest BCUT2D eigenvalue weighted by Gasteiger charge is -2.12. The molecule has 19 heavy (non-hydrogen) atoms. The number of terminal acetylenes is 1. The average Bonchev–Trinajstić information content (AvgIpc) is 2.45.